The summed E-state index contributed by atoms with van der Waals surface area (Å²) in [6, 6.07) is 4.50. The second-order valence-corrected chi connectivity index (χ2v) is 7.80. The van der Waals surface area contributed by atoms with Crippen molar-refractivity contribution in [2.75, 3.05) is 0 Å². The number of hydrogen-bond donors (Lipinski definition) is 1. The number of carbonyl (C=O) groups is 1. The van der Waals surface area contributed by atoms with Crippen LogP contribution in [0, 0.1) is 0 Å². The maximum absolute atomic E-state index is 12.4. The van der Waals surface area contributed by atoms with Crippen LogP contribution in [0.25, 0.3) is 0 Å². The Hall–Kier alpha value is -1.57. The number of nitrogens with one attached hydrogen (secondary N) is 1. The molecule has 0 bridgehead atoms. The van der Waals surface area contributed by atoms with Gasteiger partial charge in [0.25, 0.3) is 0 Å². The Labute approximate surface area is 134 Å². The molecule has 3 rings (SSSR count). The highest BCUT2D eigenvalue weighted by atomic mass is 16.2. The van der Waals surface area contributed by atoms with E-state index in [0.29, 0.717) is 0 Å². The van der Waals surface area contributed by atoms with E-state index in [-0.39, 0.29) is 17.2 Å². The normalized spacial score (nSPS) is 22.2. The minimum atomic E-state index is 0.00590. The lowest BCUT2D eigenvalue weighted by molar-refractivity contribution is -0.122. The molecular formula is C20H27NO. The number of carbonyl (C=O) groups excluding carboxylic acids is 1. The summed E-state index contributed by atoms with van der Waals surface area (Å²) in [5.74, 6) is 0.138. The average molecular weight is 297 g/mol. The Morgan fingerprint density at radius 3 is 2.41 bits per heavy atom. The molecule has 118 valence electrons. The van der Waals surface area contributed by atoms with Gasteiger partial charge in [0.05, 0.1) is 5.92 Å². The van der Waals surface area contributed by atoms with Crippen LogP contribution in [-0.2, 0) is 23.1 Å². The zero-order valence-electron chi connectivity index (χ0n) is 14.1. The number of rotatable bonds is 1. The second kappa shape index (κ2) is 5.57. The number of benzene rings is 1. The standard InChI is InChI=1S/C20H27NO/c1-13-9-10-17(19(22)21-13)15-11-12-18(20(2,3)4)16-8-6-5-7-14(15)16/h11-12,17H,1,5-10H2,2-4H3,(H,21,22). The molecule has 1 heterocycles. The van der Waals surface area contributed by atoms with Gasteiger partial charge in [0.1, 0.15) is 0 Å². The monoisotopic (exact) mass is 297 g/mol. The third-order valence-electron chi connectivity index (χ3n) is 5.11. The average Bonchev–Trinajstić information content (AvgIpc) is 2.45. The van der Waals surface area contributed by atoms with Crippen molar-refractivity contribution in [3.05, 3.63) is 46.7 Å². The van der Waals surface area contributed by atoms with E-state index in [9.17, 15) is 4.79 Å². The topological polar surface area (TPSA) is 29.1 Å². The van der Waals surface area contributed by atoms with Crippen molar-refractivity contribution in [3.8, 4) is 0 Å². The van der Waals surface area contributed by atoms with Crippen molar-refractivity contribution in [2.45, 2.75) is 70.6 Å². The van der Waals surface area contributed by atoms with Crippen LogP contribution in [0.3, 0.4) is 0 Å². The summed E-state index contributed by atoms with van der Waals surface area (Å²) in [6.07, 6.45) is 6.59. The summed E-state index contributed by atoms with van der Waals surface area (Å²) in [5.41, 5.74) is 6.75. The molecule has 1 unspecified atom stereocenters. The fourth-order valence-electron chi connectivity index (χ4n) is 3.99. The molecule has 0 spiro atoms. The summed E-state index contributed by atoms with van der Waals surface area (Å²) >= 11 is 0. The van der Waals surface area contributed by atoms with Crippen LogP contribution in [0.4, 0.5) is 0 Å². The molecule has 1 amide bonds. The molecule has 1 aromatic rings. The lowest BCUT2D eigenvalue weighted by atomic mass is 9.74. The SMILES string of the molecule is C=C1CCC(c2ccc(C(C)(C)C)c3c2CCCC3)C(=O)N1. The maximum Gasteiger partial charge on any atom is 0.231 e. The van der Waals surface area contributed by atoms with Crippen LogP contribution in [0.2, 0.25) is 0 Å². The van der Waals surface area contributed by atoms with Crippen molar-refractivity contribution in [1.82, 2.24) is 5.32 Å². The molecule has 1 fully saturated rings. The lowest BCUT2D eigenvalue weighted by Gasteiger charge is -2.32. The van der Waals surface area contributed by atoms with Gasteiger partial charge in [-0.15, -0.1) is 0 Å². The maximum atomic E-state index is 12.4. The van der Waals surface area contributed by atoms with Gasteiger partial charge in [-0.2, -0.15) is 0 Å². The summed E-state index contributed by atoms with van der Waals surface area (Å²) in [4.78, 5) is 12.4. The number of allylic oxidation sites excluding steroid dienone is 1. The van der Waals surface area contributed by atoms with Crippen molar-refractivity contribution in [2.24, 2.45) is 0 Å². The first-order chi connectivity index (χ1) is 10.4. The molecule has 22 heavy (non-hydrogen) atoms. The van der Waals surface area contributed by atoms with Crippen LogP contribution < -0.4 is 5.32 Å². The zero-order chi connectivity index (χ0) is 15.9. The third kappa shape index (κ3) is 2.71. The van der Waals surface area contributed by atoms with Crippen molar-refractivity contribution >= 4 is 5.91 Å². The van der Waals surface area contributed by atoms with Crippen molar-refractivity contribution in [3.63, 3.8) is 0 Å². The molecule has 1 N–H and O–H groups in total. The molecule has 0 saturated carbocycles. The highest BCUT2D eigenvalue weighted by molar-refractivity contribution is 5.86. The fourth-order valence-corrected chi connectivity index (χ4v) is 3.99. The molecule has 1 aliphatic carbocycles. The van der Waals surface area contributed by atoms with Gasteiger partial charge in [0, 0.05) is 5.70 Å². The van der Waals surface area contributed by atoms with E-state index in [1.165, 1.54) is 35.1 Å². The number of piperidine rings is 1. The number of amides is 1. The van der Waals surface area contributed by atoms with E-state index in [1.807, 2.05) is 0 Å². The molecule has 2 nitrogen and oxygen atoms in total. The first-order valence-corrected chi connectivity index (χ1v) is 8.51. The molecule has 2 aliphatic rings. The van der Waals surface area contributed by atoms with Gasteiger partial charge >= 0.3 is 0 Å². The third-order valence-corrected chi connectivity index (χ3v) is 5.11. The summed E-state index contributed by atoms with van der Waals surface area (Å²) in [7, 11) is 0. The van der Waals surface area contributed by atoms with Gasteiger partial charge in [-0.05, 0) is 66.2 Å². The van der Waals surface area contributed by atoms with Gasteiger partial charge in [-0.3, -0.25) is 4.79 Å². The van der Waals surface area contributed by atoms with E-state index in [1.54, 1.807) is 0 Å². The first-order valence-electron chi connectivity index (χ1n) is 8.51. The van der Waals surface area contributed by atoms with Gasteiger partial charge in [-0.1, -0.05) is 39.5 Å². The van der Waals surface area contributed by atoms with Gasteiger partial charge in [-0.25, -0.2) is 0 Å². The number of fused-ring (bicyclic) bond motifs is 1. The zero-order valence-corrected chi connectivity index (χ0v) is 14.1. The Kier molecular flexibility index (Phi) is 3.88. The minimum Gasteiger partial charge on any atom is -0.330 e. The molecule has 0 radical (unpaired) electrons. The molecule has 1 saturated heterocycles. The van der Waals surface area contributed by atoms with Crippen LogP contribution in [0.15, 0.2) is 24.4 Å². The number of hydrogen-bond acceptors (Lipinski definition) is 1. The van der Waals surface area contributed by atoms with Gasteiger partial charge in [0.15, 0.2) is 0 Å². The molecular weight excluding hydrogens is 270 g/mol. The molecule has 2 heteroatoms. The van der Waals surface area contributed by atoms with Gasteiger partial charge < -0.3 is 5.32 Å². The molecule has 0 aromatic heterocycles. The van der Waals surface area contributed by atoms with Crippen LogP contribution in [0.1, 0.15) is 74.6 Å². The van der Waals surface area contributed by atoms with Crippen molar-refractivity contribution < 1.29 is 4.79 Å². The molecule has 1 aromatic carbocycles. The lowest BCUT2D eigenvalue weighted by Crippen LogP contribution is -2.34. The minimum absolute atomic E-state index is 0.00590. The fraction of sp³-hybridized carbons (Fsp3) is 0.550. The quantitative estimate of drug-likeness (QED) is 0.819. The van der Waals surface area contributed by atoms with Gasteiger partial charge in [0.2, 0.25) is 5.91 Å². The summed E-state index contributed by atoms with van der Waals surface area (Å²) in [5, 5.41) is 2.95. The van der Waals surface area contributed by atoms with E-state index >= 15 is 0 Å². The Morgan fingerprint density at radius 1 is 1.09 bits per heavy atom. The Bertz CT molecular complexity index is 621. The Balaban J connectivity index is 2.06. The van der Waals surface area contributed by atoms with Crippen LogP contribution in [-0.4, -0.2) is 5.91 Å². The predicted octanol–water partition coefficient (Wildman–Crippen LogP) is 4.37. The summed E-state index contributed by atoms with van der Waals surface area (Å²) < 4.78 is 0. The van der Waals surface area contributed by atoms with Crippen LogP contribution in [0.5, 0.6) is 0 Å². The summed E-state index contributed by atoms with van der Waals surface area (Å²) in [6.45, 7) is 10.8. The molecule has 1 aliphatic heterocycles. The van der Waals surface area contributed by atoms with E-state index < -0.39 is 0 Å². The van der Waals surface area contributed by atoms with E-state index in [4.69, 9.17) is 0 Å². The molecule has 1 atom stereocenters. The van der Waals surface area contributed by atoms with E-state index in [0.717, 1.165) is 31.4 Å². The highest BCUT2D eigenvalue weighted by Crippen LogP contribution is 2.39. The Morgan fingerprint density at radius 2 is 1.77 bits per heavy atom. The largest absolute Gasteiger partial charge is 0.330 e. The van der Waals surface area contributed by atoms with Crippen LogP contribution >= 0.6 is 0 Å². The predicted molar refractivity (Wildman–Crippen MR) is 91.0 cm³/mol. The second-order valence-electron chi connectivity index (χ2n) is 7.80. The highest BCUT2D eigenvalue weighted by Gasteiger charge is 2.31. The van der Waals surface area contributed by atoms with E-state index in [2.05, 4.69) is 44.8 Å². The van der Waals surface area contributed by atoms with Crippen molar-refractivity contribution in [1.29, 1.82) is 0 Å². The first kappa shape index (κ1) is 15.3. The smallest absolute Gasteiger partial charge is 0.231 e.